The molecule has 1 heterocycles. The third kappa shape index (κ3) is 5.06. The summed E-state index contributed by atoms with van der Waals surface area (Å²) < 4.78 is 0. The number of benzene rings is 1. The lowest BCUT2D eigenvalue weighted by Gasteiger charge is -2.11. The molecule has 1 atom stereocenters. The molecule has 5 nitrogen and oxygen atoms in total. The summed E-state index contributed by atoms with van der Waals surface area (Å²) in [6.45, 7) is 2.01. The Kier molecular flexibility index (Phi) is 6.15. The maximum Gasteiger partial charge on any atom is 0.313 e. The van der Waals surface area contributed by atoms with Crippen LogP contribution >= 0.6 is 22.9 Å². The summed E-state index contributed by atoms with van der Waals surface area (Å²) in [5, 5.41) is 17.3. The van der Waals surface area contributed by atoms with Crippen LogP contribution in [0.3, 0.4) is 0 Å². The molecule has 0 aliphatic carbocycles. The topological polar surface area (TPSA) is 78.4 Å². The van der Waals surface area contributed by atoms with E-state index in [2.05, 4.69) is 10.6 Å². The number of nitrogens with one attached hydrogen (secondary N) is 2. The molecule has 1 unspecified atom stereocenters. The largest absolute Gasteiger partial charge is 0.388 e. The Balaban J connectivity index is 1.81. The number of carbonyl (C=O) groups excluding carboxylic acids is 2. The van der Waals surface area contributed by atoms with Crippen LogP contribution in [0, 0.1) is 6.92 Å². The van der Waals surface area contributed by atoms with Gasteiger partial charge in [-0.3, -0.25) is 9.59 Å². The molecule has 1 aromatic heterocycles. The Morgan fingerprint density at radius 2 is 2.09 bits per heavy atom. The molecule has 3 N–H and O–H groups in total. The highest BCUT2D eigenvalue weighted by molar-refractivity contribution is 7.10. The smallest absolute Gasteiger partial charge is 0.313 e. The summed E-state index contributed by atoms with van der Waals surface area (Å²) in [6.07, 6.45) is -0.302. The van der Waals surface area contributed by atoms with Crippen LogP contribution in [0.1, 0.15) is 23.0 Å². The summed E-state index contributed by atoms with van der Waals surface area (Å²) in [5.74, 6) is -1.51. The summed E-state index contributed by atoms with van der Waals surface area (Å²) in [4.78, 5) is 24.5. The molecule has 23 heavy (non-hydrogen) atoms. The molecule has 2 aromatic rings. The van der Waals surface area contributed by atoms with Crippen LogP contribution in [0.2, 0.25) is 5.02 Å². The highest BCUT2D eigenvalue weighted by Gasteiger charge is 2.15. The second-order valence-corrected chi connectivity index (χ2v) is 6.40. The molecule has 0 saturated carbocycles. The van der Waals surface area contributed by atoms with E-state index in [1.165, 1.54) is 11.3 Å². The molecule has 0 bridgehead atoms. The van der Waals surface area contributed by atoms with Crippen molar-refractivity contribution in [2.45, 2.75) is 19.4 Å². The van der Waals surface area contributed by atoms with Gasteiger partial charge in [0, 0.05) is 22.1 Å². The Hall–Kier alpha value is -1.89. The Labute approximate surface area is 143 Å². The molecule has 0 radical (unpaired) electrons. The number of aryl methyl sites for hydroxylation is 1. The molecule has 2 amide bonds. The third-order valence-corrected chi connectivity index (χ3v) is 4.44. The van der Waals surface area contributed by atoms with Crippen LogP contribution in [-0.4, -0.2) is 23.5 Å². The predicted octanol–water partition coefficient (Wildman–Crippen LogP) is 2.89. The molecule has 7 heteroatoms. The molecular weight excluding hydrogens is 336 g/mol. The minimum absolute atomic E-state index is 0.208. The van der Waals surface area contributed by atoms with E-state index < -0.39 is 17.9 Å². The van der Waals surface area contributed by atoms with Crippen molar-refractivity contribution in [1.82, 2.24) is 5.32 Å². The van der Waals surface area contributed by atoms with Gasteiger partial charge in [0.2, 0.25) is 0 Å². The summed E-state index contributed by atoms with van der Waals surface area (Å²) in [5.41, 5.74) is 1.31. The van der Waals surface area contributed by atoms with Gasteiger partial charge in [-0.05, 0) is 42.5 Å². The van der Waals surface area contributed by atoms with Crippen molar-refractivity contribution in [3.8, 4) is 0 Å². The van der Waals surface area contributed by atoms with E-state index in [0.29, 0.717) is 17.1 Å². The number of amides is 2. The van der Waals surface area contributed by atoms with E-state index in [-0.39, 0.29) is 6.54 Å². The van der Waals surface area contributed by atoms with Crippen molar-refractivity contribution >= 4 is 40.4 Å². The molecule has 0 fully saturated rings. The number of carbonyl (C=O) groups is 2. The fourth-order valence-electron chi connectivity index (χ4n) is 1.93. The Morgan fingerprint density at radius 1 is 1.30 bits per heavy atom. The zero-order chi connectivity index (χ0) is 16.8. The van der Waals surface area contributed by atoms with Crippen LogP contribution in [0.5, 0.6) is 0 Å². The zero-order valence-corrected chi connectivity index (χ0v) is 14.1. The average molecular weight is 353 g/mol. The van der Waals surface area contributed by atoms with Gasteiger partial charge in [-0.2, -0.15) is 0 Å². The van der Waals surface area contributed by atoms with Gasteiger partial charge < -0.3 is 15.7 Å². The fourth-order valence-corrected chi connectivity index (χ4v) is 2.85. The lowest BCUT2D eigenvalue weighted by molar-refractivity contribution is -0.136. The number of aliphatic hydroxyl groups is 1. The van der Waals surface area contributed by atoms with Gasteiger partial charge in [0.1, 0.15) is 0 Å². The van der Waals surface area contributed by atoms with Gasteiger partial charge in [-0.15, -0.1) is 11.3 Å². The first-order chi connectivity index (χ1) is 11.0. The SMILES string of the molecule is Cc1ccc(Cl)cc1NC(=O)C(=O)NCCC(O)c1cccs1. The molecule has 2 rings (SSSR count). The third-order valence-electron chi connectivity index (χ3n) is 3.23. The lowest BCUT2D eigenvalue weighted by atomic mass is 10.2. The molecule has 0 spiro atoms. The van der Waals surface area contributed by atoms with E-state index in [0.717, 1.165) is 10.4 Å². The van der Waals surface area contributed by atoms with Crippen molar-refractivity contribution in [2.24, 2.45) is 0 Å². The van der Waals surface area contributed by atoms with Gasteiger partial charge in [-0.1, -0.05) is 23.7 Å². The van der Waals surface area contributed by atoms with Crippen LogP contribution in [-0.2, 0) is 9.59 Å². The normalized spacial score (nSPS) is 11.8. The second-order valence-electron chi connectivity index (χ2n) is 4.99. The molecule has 0 saturated heterocycles. The summed E-state index contributed by atoms with van der Waals surface area (Å²) in [7, 11) is 0. The molecule has 0 aliphatic rings. The monoisotopic (exact) mass is 352 g/mol. The number of hydrogen-bond donors (Lipinski definition) is 3. The van der Waals surface area contributed by atoms with Crippen LogP contribution in [0.25, 0.3) is 0 Å². The average Bonchev–Trinajstić information content (AvgIpc) is 3.05. The van der Waals surface area contributed by atoms with Crippen molar-refractivity contribution in [3.05, 3.63) is 51.2 Å². The molecular formula is C16H17ClN2O3S. The first-order valence-corrected chi connectivity index (χ1v) is 8.30. The zero-order valence-electron chi connectivity index (χ0n) is 12.5. The summed E-state index contributed by atoms with van der Waals surface area (Å²) >= 11 is 7.31. The fraction of sp³-hybridized carbons (Fsp3) is 0.250. The predicted molar refractivity (Wildman–Crippen MR) is 91.7 cm³/mol. The summed E-state index contributed by atoms with van der Waals surface area (Å²) in [6, 6.07) is 8.72. The number of anilines is 1. The van der Waals surface area contributed by atoms with Gasteiger partial charge in [0.25, 0.3) is 0 Å². The van der Waals surface area contributed by atoms with Crippen molar-refractivity contribution in [3.63, 3.8) is 0 Å². The number of thiophene rings is 1. The van der Waals surface area contributed by atoms with E-state index in [9.17, 15) is 14.7 Å². The van der Waals surface area contributed by atoms with Crippen LogP contribution < -0.4 is 10.6 Å². The first-order valence-electron chi connectivity index (χ1n) is 7.04. The van der Waals surface area contributed by atoms with E-state index in [1.54, 1.807) is 25.1 Å². The molecule has 122 valence electrons. The van der Waals surface area contributed by atoms with Crippen molar-refractivity contribution in [1.29, 1.82) is 0 Å². The molecule has 1 aromatic carbocycles. The van der Waals surface area contributed by atoms with Crippen molar-refractivity contribution < 1.29 is 14.7 Å². The number of halogens is 1. The first kappa shape index (κ1) is 17.5. The number of rotatable bonds is 5. The Morgan fingerprint density at radius 3 is 2.78 bits per heavy atom. The highest BCUT2D eigenvalue weighted by atomic mass is 35.5. The maximum atomic E-state index is 11.9. The quantitative estimate of drug-likeness (QED) is 0.724. The van der Waals surface area contributed by atoms with E-state index >= 15 is 0 Å². The maximum absolute atomic E-state index is 11.9. The second kappa shape index (κ2) is 8.10. The number of hydrogen-bond acceptors (Lipinski definition) is 4. The minimum Gasteiger partial charge on any atom is -0.388 e. The standard InChI is InChI=1S/C16H17ClN2O3S/c1-10-4-5-11(17)9-12(10)19-16(22)15(21)18-7-6-13(20)14-3-2-8-23-14/h2-5,8-9,13,20H,6-7H2,1H3,(H,18,21)(H,19,22). The van der Waals surface area contributed by atoms with Gasteiger partial charge in [0.15, 0.2) is 0 Å². The van der Waals surface area contributed by atoms with Gasteiger partial charge in [-0.25, -0.2) is 0 Å². The van der Waals surface area contributed by atoms with Crippen molar-refractivity contribution in [2.75, 3.05) is 11.9 Å². The lowest BCUT2D eigenvalue weighted by Crippen LogP contribution is -2.36. The minimum atomic E-state index is -0.763. The van der Waals surface area contributed by atoms with Gasteiger partial charge >= 0.3 is 11.8 Å². The van der Waals surface area contributed by atoms with E-state index in [4.69, 9.17) is 11.6 Å². The number of aliphatic hydroxyl groups excluding tert-OH is 1. The Bertz CT molecular complexity index is 689. The van der Waals surface area contributed by atoms with Gasteiger partial charge in [0.05, 0.1) is 6.10 Å². The van der Waals surface area contributed by atoms with E-state index in [1.807, 2.05) is 17.5 Å². The molecule has 0 aliphatic heterocycles. The van der Waals surface area contributed by atoms with Crippen LogP contribution in [0.15, 0.2) is 35.7 Å². The highest BCUT2D eigenvalue weighted by Crippen LogP contribution is 2.21. The van der Waals surface area contributed by atoms with Crippen LogP contribution in [0.4, 0.5) is 5.69 Å².